The Balaban J connectivity index is 1.24. The molecule has 10 heteroatoms. The van der Waals surface area contributed by atoms with Crippen LogP contribution < -0.4 is 5.32 Å². The third-order valence-corrected chi connectivity index (χ3v) is 7.51. The van der Waals surface area contributed by atoms with Crippen molar-refractivity contribution in [1.29, 1.82) is 0 Å². The third kappa shape index (κ3) is 5.22. The lowest BCUT2D eigenvalue weighted by Gasteiger charge is -2.34. The number of nitrogens with one attached hydrogen (secondary N) is 2. The van der Waals surface area contributed by atoms with Crippen molar-refractivity contribution in [3.8, 4) is 11.3 Å². The van der Waals surface area contributed by atoms with Gasteiger partial charge in [-0.3, -0.25) is 9.69 Å². The van der Waals surface area contributed by atoms with E-state index in [1.54, 1.807) is 23.4 Å². The van der Waals surface area contributed by atoms with Crippen LogP contribution in [0.4, 0.5) is 16.0 Å². The molecule has 0 atom stereocenters. The van der Waals surface area contributed by atoms with Crippen molar-refractivity contribution >= 4 is 40.0 Å². The number of anilines is 2. The van der Waals surface area contributed by atoms with Gasteiger partial charge in [0.15, 0.2) is 0 Å². The first-order valence-electron chi connectivity index (χ1n) is 12.8. The second kappa shape index (κ2) is 10.3. The Labute approximate surface area is 224 Å². The van der Waals surface area contributed by atoms with E-state index in [0.717, 1.165) is 36.3 Å². The van der Waals surface area contributed by atoms with E-state index in [-0.39, 0.29) is 11.7 Å². The van der Waals surface area contributed by atoms with Gasteiger partial charge < -0.3 is 20.3 Å². The molecule has 0 unspecified atom stereocenters. The van der Waals surface area contributed by atoms with Crippen LogP contribution in [0, 0.1) is 5.82 Å². The number of aliphatic hydroxyl groups excluding tert-OH is 1. The number of aliphatic hydroxyl groups is 1. The second-order valence-corrected chi connectivity index (χ2v) is 10.4. The number of piperazine rings is 1. The lowest BCUT2D eigenvalue weighted by atomic mass is 10.0. The first kappa shape index (κ1) is 24.8. The fourth-order valence-electron chi connectivity index (χ4n) is 5.09. The number of carbonyl (C=O) groups excluding carboxylic acids is 1. The smallest absolute Gasteiger partial charge is 0.248 e. The maximum atomic E-state index is 13.7. The van der Waals surface area contributed by atoms with Crippen LogP contribution in [0.15, 0.2) is 48.8 Å². The number of benzene rings is 2. The summed E-state index contributed by atoms with van der Waals surface area (Å²) in [6, 6.07) is 11.1. The van der Waals surface area contributed by atoms with Crippen LogP contribution in [-0.2, 0) is 11.3 Å². The average molecular weight is 535 g/mol. The molecule has 0 spiro atoms. The van der Waals surface area contributed by atoms with E-state index in [4.69, 9.17) is 21.7 Å². The van der Waals surface area contributed by atoms with Gasteiger partial charge in [-0.15, -0.1) is 0 Å². The molecule has 4 aromatic rings. The molecular weight excluding hydrogens is 507 g/mol. The number of halogens is 2. The molecule has 2 aliphatic rings. The Morgan fingerprint density at radius 1 is 1.16 bits per heavy atom. The lowest BCUT2D eigenvalue weighted by molar-refractivity contribution is -0.135. The number of carbonyl (C=O) groups is 1. The van der Waals surface area contributed by atoms with E-state index in [9.17, 15) is 9.18 Å². The van der Waals surface area contributed by atoms with Gasteiger partial charge in [0.2, 0.25) is 11.9 Å². The highest BCUT2D eigenvalue weighted by molar-refractivity contribution is 6.33. The summed E-state index contributed by atoms with van der Waals surface area (Å²) in [5.74, 6) is 0.474. The Kier molecular flexibility index (Phi) is 6.73. The number of aromatic nitrogens is 3. The summed E-state index contributed by atoms with van der Waals surface area (Å²) >= 11 is 6.49. The number of amides is 1. The molecule has 2 aromatic heterocycles. The van der Waals surface area contributed by atoms with Crippen molar-refractivity contribution in [2.75, 3.05) is 38.1 Å². The van der Waals surface area contributed by atoms with Crippen molar-refractivity contribution in [1.82, 2.24) is 24.8 Å². The van der Waals surface area contributed by atoms with Crippen LogP contribution in [0.2, 0.25) is 5.02 Å². The highest BCUT2D eigenvalue weighted by Crippen LogP contribution is 2.42. The van der Waals surface area contributed by atoms with Gasteiger partial charge in [0, 0.05) is 61.1 Å². The Bertz CT molecular complexity index is 1500. The van der Waals surface area contributed by atoms with Crippen LogP contribution in [0.3, 0.4) is 0 Å². The molecule has 3 N–H and O–H groups in total. The van der Waals surface area contributed by atoms with Crippen LogP contribution in [0.25, 0.3) is 22.2 Å². The standard InChI is InChI=1S/C28H28ClFN6O2/c29-24-14-32-28(34-27(24)23-13-31-25-12-20(30)3-4-22(23)25)33-21-10-17(9-19(11-21)18-1-2-18)15-35-5-7-36(8-6-35)26(38)16-37/h3-4,9-14,18,31,37H,1-2,5-8,15-16H2,(H,32,33,34). The predicted octanol–water partition coefficient (Wildman–Crippen LogP) is 4.67. The van der Waals surface area contributed by atoms with Gasteiger partial charge in [0.1, 0.15) is 12.4 Å². The molecule has 1 saturated carbocycles. The summed E-state index contributed by atoms with van der Waals surface area (Å²) in [4.78, 5) is 28.0. The normalized spacial score (nSPS) is 16.2. The SMILES string of the molecule is O=C(CO)N1CCN(Cc2cc(Nc3ncc(Cl)c(-c4c[nH]c5cc(F)ccc45)n3)cc(C3CC3)c2)CC1. The van der Waals surface area contributed by atoms with Gasteiger partial charge in [0.25, 0.3) is 0 Å². The summed E-state index contributed by atoms with van der Waals surface area (Å²) in [6.07, 6.45) is 5.73. The van der Waals surface area contributed by atoms with Gasteiger partial charge >= 0.3 is 0 Å². The molecule has 1 aliphatic carbocycles. The Hall–Kier alpha value is -3.53. The topological polar surface area (TPSA) is 97.4 Å². The lowest BCUT2D eigenvalue weighted by Crippen LogP contribution is -2.49. The Morgan fingerprint density at radius 2 is 1.97 bits per heavy atom. The molecule has 8 nitrogen and oxygen atoms in total. The molecule has 1 saturated heterocycles. The number of rotatable bonds is 7. The first-order valence-corrected chi connectivity index (χ1v) is 13.2. The zero-order chi connectivity index (χ0) is 26.2. The Morgan fingerprint density at radius 3 is 2.74 bits per heavy atom. The van der Waals surface area contributed by atoms with Crippen molar-refractivity contribution in [3.63, 3.8) is 0 Å². The zero-order valence-electron chi connectivity index (χ0n) is 20.8. The highest BCUT2D eigenvalue weighted by Gasteiger charge is 2.25. The van der Waals surface area contributed by atoms with Crippen LogP contribution in [0.5, 0.6) is 0 Å². The van der Waals surface area contributed by atoms with E-state index in [1.807, 2.05) is 0 Å². The minimum Gasteiger partial charge on any atom is -0.387 e. The van der Waals surface area contributed by atoms with E-state index < -0.39 is 6.61 Å². The summed E-state index contributed by atoms with van der Waals surface area (Å²) in [5.41, 5.74) is 5.41. The minimum atomic E-state index is -0.439. The van der Waals surface area contributed by atoms with E-state index in [1.165, 1.54) is 36.1 Å². The summed E-state index contributed by atoms with van der Waals surface area (Å²) in [7, 11) is 0. The summed E-state index contributed by atoms with van der Waals surface area (Å²) < 4.78 is 13.7. The number of H-pyrrole nitrogens is 1. The highest BCUT2D eigenvalue weighted by atomic mass is 35.5. The molecule has 6 rings (SSSR count). The van der Waals surface area contributed by atoms with Gasteiger partial charge in [-0.1, -0.05) is 17.7 Å². The second-order valence-electron chi connectivity index (χ2n) is 9.96. The van der Waals surface area contributed by atoms with Crippen molar-refractivity contribution in [3.05, 3.63) is 70.8 Å². The molecule has 0 radical (unpaired) electrons. The van der Waals surface area contributed by atoms with Crippen LogP contribution >= 0.6 is 11.6 Å². The number of nitrogens with zero attached hydrogens (tertiary/aromatic N) is 4. The molecule has 2 fully saturated rings. The quantitative estimate of drug-likeness (QED) is 0.319. The molecule has 1 aliphatic heterocycles. The van der Waals surface area contributed by atoms with Crippen LogP contribution in [-0.4, -0.2) is 68.6 Å². The van der Waals surface area contributed by atoms with E-state index in [2.05, 4.69) is 38.4 Å². The van der Waals surface area contributed by atoms with Gasteiger partial charge in [0.05, 0.1) is 16.9 Å². The maximum absolute atomic E-state index is 13.7. The molecule has 3 heterocycles. The van der Waals surface area contributed by atoms with Crippen molar-refractivity contribution in [2.45, 2.75) is 25.3 Å². The monoisotopic (exact) mass is 534 g/mol. The summed E-state index contributed by atoms with van der Waals surface area (Å²) in [5, 5.41) is 13.7. The number of hydrogen-bond donors (Lipinski definition) is 3. The molecule has 1 amide bonds. The molecular formula is C28H28ClFN6O2. The fourth-order valence-corrected chi connectivity index (χ4v) is 5.28. The van der Waals surface area contributed by atoms with Gasteiger partial charge in [-0.2, -0.15) is 0 Å². The number of aromatic amines is 1. The largest absolute Gasteiger partial charge is 0.387 e. The first-order chi connectivity index (χ1) is 18.5. The third-order valence-electron chi connectivity index (χ3n) is 7.23. The molecule has 2 aromatic carbocycles. The minimum absolute atomic E-state index is 0.214. The van der Waals surface area contributed by atoms with Gasteiger partial charge in [-0.25, -0.2) is 14.4 Å². The van der Waals surface area contributed by atoms with Crippen molar-refractivity contribution in [2.24, 2.45) is 0 Å². The molecule has 0 bridgehead atoms. The maximum Gasteiger partial charge on any atom is 0.248 e. The van der Waals surface area contributed by atoms with Gasteiger partial charge in [-0.05, 0) is 60.2 Å². The van der Waals surface area contributed by atoms with E-state index in [0.29, 0.717) is 41.2 Å². The average Bonchev–Trinajstić information content (AvgIpc) is 3.70. The predicted molar refractivity (Wildman–Crippen MR) is 145 cm³/mol. The molecule has 38 heavy (non-hydrogen) atoms. The number of hydrogen-bond acceptors (Lipinski definition) is 6. The van der Waals surface area contributed by atoms with Crippen LogP contribution in [0.1, 0.15) is 29.9 Å². The number of fused-ring (bicyclic) bond motifs is 1. The summed E-state index contributed by atoms with van der Waals surface area (Å²) in [6.45, 7) is 3.10. The zero-order valence-corrected chi connectivity index (χ0v) is 21.5. The van der Waals surface area contributed by atoms with Crippen molar-refractivity contribution < 1.29 is 14.3 Å². The van der Waals surface area contributed by atoms with E-state index >= 15 is 0 Å². The fraction of sp³-hybridized carbons (Fsp3) is 0.321. The molecule has 196 valence electrons.